The fourth-order valence-corrected chi connectivity index (χ4v) is 3.29. The van der Waals surface area contributed by atoms with Crippen molar-refractivity contribution in [3.63, 3.8) is 0 Å². The molecule has 1 nitrogen and oxygen atoms in total. The Morgan fingerprint density at radius 3 is 1.94 bits per heavy atom. The summed E-state index contributed by atoms with van der Waals surface area (Å²) in [5.41, 5.74) is -0.471. The van der Waals surface area contributed by atoms with Gasteiger partial charge in [-0.05, 0) is 36.5 Å². The van der Waals surface area contributed by atoms with Gasteiger partial charge in [0.05, 0.1) is 5.60 Å². The molecule has 1 heteroatoms. The van der Waals surface area contributed by atoms with E-state index in [-0.39, 0.29) is 5.41 Å². The minimum absolute atomic E-state index is 0.000718. The number of hydrogen-bond donors (Lipinski definition) is 1. The third-order valence-corrected chi connectivity index (χ3v) is 4.30. The second-order valence-electron chi connectivity index (χ2n) is 7.11. The van der Waals surface area contributed by atoms with Crippen molar-refractivity contribution in [1.82, 2.24) is 0 Å². The van der Waals surface area contributed by atoms with Crippen molar-refractivity contribution >= 4 is 0 Å². The van der Waals surface area contributed by atoms with E-state index in [0.717, 1.165) is 6.42 Å². The smallest absolute Gasteiger partial charge is 0.0726 e. The number of rotatable bonds is 3. The van der Waals surface area contributed by atoms with E-state index in [1.165, 1.54) is 32.1 Å². The molecule has 0 spiro atoms. The highest BCUT2D eigenvalue weighted by molar-refractivity contribution is 4.97. The normalized spacial score (nSPS) is 23.4. The second-order valence-corrected chi connectivity index (χ2v) is 7.11. The highest BCUT2D eigenvalue weighted by Crippen LogP contribution is 2.46. The van der Waals surface area contributed by atoms with Crippen molar-refractivity contribution in [2.24, 2.45) is 17.3 Å². The SMILES string of the molecule is CC(C)CC(O)(C1CCCCC1)C(C)(C)C. The Morgan fingerprint density at radius 1 is 1.06 bits per heavy atom. The van der Waals surface area contributed by atoms with Crippen LogP contribution in [0.4, 0.5) is 0 Å². The zero-order valence-electron chi connectivity index (χ0n) is 11.8. The summed E-state index contributed by atoms with van der Waals surface area (Å²) >= 11 is 0. The van der Waals surface area contributed by atoms with Gasteiger partial charge in [0.2, 0.25) is 0 Å². The van der Waals surface area contributed by atoms with E-state index in [1.54, 1.807) is 0 Å². The first-order valence-corrected chi connectivity index (χ1v) is 7.00. The molecule has 0 saturated heterocycles. The van der Waals surface area contributed by atoms with Crippen molar-refractivity contribution < 1.29 is 5.11 Å². The van der Waals surface area contributed by atoms with E-state index in [2.05, 4.69) is 34.6 Å². The Balaban J connectivity index is 2.84. The molecule has 0 aliphatic heterocycles. The standard InChI is InChI=1S/C15H30O/c1-12(2)11-15(16,14(3,4)5)13-9-7-6-8-10-13/h12-13,16H,6-11H2,1-5H3. The highest BCUT2D eigenvalue weighted by Gasteiger charge is 2.46. The molecule has 1 aliphatic rings. The van der Waals surface area contributed by atoms with Crippen LogP contribution < -0.4 is 0 Å². The van der Waals surface area contributed by atoms with Crippen LogP contribution in [0.1, 0.15) is 73.1 Å². The molecule has 1 atom stereocenters. The van der Waals surface area contributed by atoms with E-state index >= 15 is 0 Å². The molecule has 0 aromatic rings. The van der Waals surface area contributed by atoms with Crippen LogP contribution in [0.3, 0.4) is 0 Å². The molecule has 1 saturated carbocycles. The molecule has 1 aliphatic carbocycles. The van der Waals surface area contributed by atoms with Gasteiger partial charge in [-0.2, -0.15) is 0 Å². The molecule has 16 heavy (non-hydrogen) atoms. The van der Waals surface area contributed by atoms with Crippen molar-refractivity contribution in [2.45, 2.75) is 78.7 Å². The fraction of sp³-hybridized carbons (Fsp3) is 1.00. The van der Waals surface area contributed by atoms with Crippen LogP contribution in [0.2, 0.25) is 0 Å². The Bertz CT molecular complexity index is 208. The summed E-state index contributed by atoms with van der Waals surface area (Å²) in [6.07, 6.45) is 7.36. The van der Waals surface area contributed by atoms with Crippen LogP contribution >= 0.6 is 0 Å². The van der Waals surface area contributed by atoms with Crippen LogP contribution in [-0.2, 0) is 0 Å². The average Bonchev–Trinajstić information content (AvgIpc) is 2.16. The van der Waals surface area contributed by atoms with Crippen LogP contribution in [0.25, 0.3) is 0 Å². The largest absolute Gasteiger partial charge is 0.389 e. The van der Waals surface area contributed by atoms with Gasteiger partial charge in [-0.1, -0.05) is 53.9 Å². The summed E-state index contributed by atoms with van der Waals surface area (Å²) in [6, 6.07) is 0. The minimum Gasteiger partial charge on any atom is -0.389 e. The van der Waals surface area contributed by atoms with Gasteiger partial charge >= 0.3 is 0 Å². The summed E-state index contributed by atoms with van der Waals surface area (Å²) in [5.74, 6) is 1.09. The van der Waals surface area contributed by atoms with E-state index in [9.17, 15) is 5.11 Å². The molecule has 1 unspecified atom stereocenters. The first-order chi connectivity index (χ1) is 7.27. The Hall–Kier alpha value is -0.0400. The summed E-state index contributed by atoms with van der Waals surface area (Å²) in [5, 5.41) is 11.1. The van der Waals surface area contributed by atoms with Crippen molar-refractivity contribution in [3.05, 3.63) is 0 Å². The van der Waals surface area contributed by atoms with Crippen LogP contribution in [-0.4, -0.2) is 10.7 Å². The average molecular weight is 226 g/mol. The molecule has 0 heterocycles. The van der Waals surface area contributed by atoms with Crippen LogP contribution in [0, 0.1) is 17.3 Å². The molecule has 0 radical (unpaired) electrons. The van der Waals surface area contributed by atoms with Crippen molar-refractivity contribution in [3.8, 4) is 0 Å². The fourth-order valence-electron chi connectivity index (χ4n) is 3.29. The zero-order chi connectivity index (χ0) is 12.4. The molecule has 0 aromatic heterocycles. The molecule has 1 fully saturated rings. The Kier molecular flexibility index (Phi) is 4.45. The van der Waals surface area contributed by atoms with E-state index in [0.29, 0.717) is 11.8 Å². The first kappa shape index (κ1) is 14.0. The monoisotopic (exact) mass is 226 g/mol. The summed E-state index contributed by atoms with van der Waals surface area (Å²) in [4.78, 5) is 0. The maximum Gasteiger partial charge on any atom is 0.0726 e. The molecule has 0 bridgehead atoms. The van der Waals surface area contributed by atoms with Gasteiger partial charge < -0.3 is 5.11 Å². The van der Waals surface area contributed by atoms with Gasteiger partial charge in [-0.15, -0.1) is 0 Å². The van der Waals surface area contributed by atoms with Gasteiger partial charge in [0.15, 0.2) is 0 Å². The maximum absolute atomic E-state index is 11.1. The van der Waals surface area contributed by atoms with Crippen LogP contribution in [0.5, 0.6) is 0 Å². The lowest BCUT2D eigenvalue weighted by Gasteiger charge is -2.48. The van der Waals surface area contributed by atoms with Crippen molar-refractivity contribution in [2.75, 3.05) is 0 Å². The van der Waals surface area contributed by atoms with Crippen LogP contribution in [0.15, 0.2) is 0 Å². The van der Waals surface area contributed by atoms with Gasteiger partial charge in [-0.25, -0.2) is 0 Å². The lowest BCUT2D eigenvalue weighted by Crippen LogP contribution is -2.50. The topological polar surface area (TPSA) is 20.2 Å². The predicted molar refractivity (Wildman–Crippen MR) is 70.4 cm³/mol. The molecular weight excluding hydrogens is 196 g/mol. The number of hydrogen-bond acceptors (Lipinski definition) is 1. The van der Waals surface area contributed by atoms with Gasteiger partial charge in [0.25, 0.3) is 0 Å². The Labute approximate surface area is 102 Å². The van der Waals surface area contributed by atoms with Gasteiger partial charge in [0.1, 0.15) is 0 Å². The first-order valence-electron chi connectivity index (χ1n) is 7.00. The summed E-state index contributed by atoms with van der Waals surface area (Å²) < 4.78 is 0. The summed E-state index contributed by atoms with van der Waals surface area (Å²) in [6.45, 7) is 11.0. The highest BCUT2D eigenvalue weighted by atomic mass is 16.3. The molecule has 0 amide bonds. The van der Waals surface area contributed by atoms with Gasteiger partial charge in [-0.3, -0.25) is 0 Å². The zero-order valence-corrected chi connectivity index (χ0v) is 11.8. The number of aliphatic hydroxyl groups is 1. The second kappa shape index (κ2) is 5.08. The lowest BCUT2D eigenvalue weighted by molar-refractivity contribution is -0.127. The third kappa shape index (κ3) is 3.00. The van der Waals surface area contributed by atoms with E-state index < -0.39 is 5.60 Å². The molecule has 1 N–H and O–H groups in total. The molecular formula is C15H30O. The summed E-state index contributed by atoms with van der Waals surface area (Å²) in [7, 11) is 0. The lowest BCUT2D eigenvalue weighted by atomic mass is 9.62. The third-order valence-electron chi connectivity index (χ3n) is 4.30. The maximum atomic E-state index is 11.1. The minimum atomic E-state index is -0.471. The predicted octanol–water partition coefficient (Wildman–Crippen LogP) is 4.39. The quantitative estimate of drug-likeness (QED) is 0.756. The Morgan fingerprint density at radius 2 is 1.56 bits per heavy atom. The van der Waals surface area contributed by atoms with Crippen molar-refractivity contribution in [1.29, 1.82) is 0 Å². The molecule has 96 valence electrons. The molecule has 0 aromatic carbocycles. The van der Waals surface area contributed by atoms with E-state index in [1.807, 2.05) is 0 Å². The van der Waals surface area contributed by atoms with E-state index in [4.69, 9.17) is 0 Å². The van der Waals surface area contributed by atoms with Gasteiger partial charge in [0, 0.05) is 0 Å². The molecule has 1 rings (SSSR count).